The third-order valence-corrected chi connectivity index (χ3v) is 3.33. The Morgan fingerprint density at radius 1 is 1.11 bits per heavy atom. The van der Waals surface area contributed by atoms with Crippen LogP contribution in [0.15, 0.2) is 48.5 Å². The lowest BCUT2D eigenvalue weighted by Crippen LogP contribution is -2.30. The van der Waals surface area contributed by atoms with Crippen LogP contribution in [0, 0.1) is 10.1 Å². The second-order valence-corrected chi connectivity index (χ2v) is 5.19. The van der Waals surface area contributed by atoms with E-state index in [9.17, 15) is 28.5 Å². The Kier molecular flexibility index (Phi) is 6.36. The normalized spacial score (nSPS) is 11.6. The molecule has 0 aromatic heterocycles. The van der Waals surface area contributed by atoms with Gasteiger partial charge in [0.05, 0.1) is 4.92 Å². The lowest BCUT2D eigenvalue weighted by atomic mass is 10.2. The minimum Gasteiger partial charge on any atom is -0.449 e. The van der Waals surface area contributed by atoms with E-state index in [1.54, 1.807) is 0 Å². The molecule has 0 unspecified atom stereocenters. The molecule has 0 spiro atoms. The Labute approximate surface area is 151 Å². The number of alkyl halides is 2. The number of halogens is 2. The molecule has 8 nitrogen and oxygen atoms in total. The first-order valence-corrected chi connectivity index (χ1v) is 7.58. The van der Waals surface area contributed by atoms with Crippen LogP contribution in [0.2, 0.25) is 0 Å². The van der Waals surface area contributed by atoms with E-state index in [0.717, 1.165) is 6.07 Å². The van der Waals surface area contributed by atoms with E-state index in [4.69, 9.17) is 4.74 Å². The fourth-order valence-corrected chi connectivity index (χ4v) is 2.08. The van der Waals surface area contributed by atoms with Crippen molar-refractivity contribution in [3.8, 4) is 5.75 Å². The smallest absolute Gasteiger partial charge is 0.387 e. The molecule has 0 aliphatic rings. The molecule has 1 atom stereocenters. The fraction of sp³-hybridized carbons (Fsp3) is 0.176. The average molecular weight is 380 g/mol. The van der Waals surface area contributed by atoms with Crippen LogP contribution in [0.1, 0.15) is 17.3 Å². The van der Waals surface area contributed by atoms with Crippen molar-refractivity contribution < 1.29 is 32.8 Å². The number of hydrogen-bond acceptors (Lipinski definition) is 6. The Balaban J connectivity index is 2.09. The monoisotopic (exact) mass is 380 g/mol. The van der Waals surface area contributed by atoms with Crippen LogP contribution >= 0.6 is 0 Å². The molecule has 2 aromatic carbocycles. The van der Waals surface area contributed by atoms with Gasteiger partial charge in [-0.2, -0.15) is 8.78 Å². The van der Waals surface area contributed by atoms with Gasteiger partial charge >= 0.3 is 12.6 Å². The van der Waals surface area contributed by atoms with E-state index in [0.29, 0.717) is 0 Å². The van der Waals surface area contributed by atoms with Crippen molar-refractivity contribution in [2.24, 2.45) is 0 Å². The van der Waals surface area contributed by atoms with Crippen LogP contribution in [-0.2, 0) is 9.53 Å². The Morgan fingerprint density at radius 2 is 1.74 bits per heavy atom. The molecule has 2 rings (SSSR count). The summed E-state index contributed by atoms with van der Waals surface area (Å²) in [4.78, 5) is 34.6. The number of benzene rings is 2. The van der Waals surface area contributed by atoms with Gasteiger partial charge in [0.2, 0.25) is 0 Å². The minimum absolute atomic E-state index is 0.0724. The van der Waals surface area contributed by atoms with Gasteiger partial charge in [0.15, 0.2) is 6.10 Å². The molecular weight excluding hydrogens is 366 g/mol. The number of rotatable bonds is 7. The first kappa shape index (κ1) is 19.8. The molecule has 1 N–H and O–H groups in total. The van der Waals surface area contributed by atoms with Crippen molar-refractivity contribution in [3.05, 3.63) is 64.2 Å². The molecular formula is C17H14F2N2O6. The molecule has 1 amide bonds. The lowest BCUT2D eigenvalue weighted by Gasteiger charge is -2.15. The van der Waals surface area contributed by atoms with Crippen molar-refractivity contribution >= 4 is 23.3 Å². The van der Waals surface area contributed by atoms with Crippen LogP contribution in [-0.4, -0.2) is 29.5 Å². The van der Waals surface area contributed by atoms with Crippen LogP contribution in [0.4, 0.5) is 20.2 Å². The number of esters is 1. The number of para-hydroxylation sites is 3. The maximum Gasteiger partial charge on any atom is 0.387 e. The lowest BCUT2D eigenvalue weighted by molar-refractivity contribution is -0.383. The number of hydrogen-bond donors (Lipinski definition) is 1. The van der Waals surface area contributed by atoms with E-state index in [1.807, 2.05) is 0 Å². The van der Waals surface area contributed by atoms with E-state index in [-0.39, 0.29) is 16.9 Å². The van der Waals surface area contributed by atoms with Gasteiger partial charge in [-0.1, -0.05) is 24.3 Å². The molecule has 0 radical (unpaired) electrons. The molecule has 0 bridgehead atoms. The van der Waals surface area contributed by atoms with Gasteiger partial charge < -0.3 is 14.8 Å². The van der Waals surface area contributed by atoms with Crippen molar-refractivity contribution in [2.45, 2.75) is 19.6 Å². The largest absolute Gasteiger partial charge is 0.449 e. The number of nitro benzene ring substituents is 1. The summed E-state index contributed by atoms with van der Waals surface area (Å²) in [6.07, 6.45) is -1.35. The molecule has 0 aliphatic heterocycles. The zero-order chi connectivity index (χ0) is 20.0. The van der Waals surface area contributed by atoms with Gasteiger partial charge in [0.25, 0.3) is 11.6 Å². The van der Waals surface area contributed by atoms with Crippen molar-refractivity contribution in [1.29, 1.82) is 0 Å². The first-order valence-electron chi connectivity index (χ1n) is 7.58. The summed E-state index contributed by atoms with van der Waals surface area (Å²) in [5, 5.41) is 13.2. The number of nitro groups is 1. The highest BCUT2D eigenvalue weighted by Gasteiger charge is 2.24. The summed E-state index contributed by atoms with van der Waals surface area (Å²) >= 11 is 0. The third-order valence-electron chi connectivity index (χ3n) is 3.33. The molecule has 0 fully saturated rings. The SMILES string of the molecule is C[C@@H](OC(=O)c1ccccc1OC(F)F)C(=O)Nc1ccccc1[N+](=O)[O-]. The summed E-state index contributed by atoms with van der Waals surface area (Å²) in [6, 6.07) is 10.6. The highest BCUT2D eigenvalue weighted by Crippen LogP contribution is 2.24. The quantitative estimate of drug-likeness (QED) is 0.448. The summed E-state index contributed by atoms with van der Waals surface area (Å²) in [6.45, 7) is -1.91. The maximum absolute atomic E-state index is 12.4. The van der Waals surface area contributed by atoms with Gasteiger partial charge in [-0.15, -0.1) is 0 Å². The minimum atomic E-state index is -3.14. The number of ether oxygens (including phenoxy) is 2. The second kappa shape index (κ2) is 8.70. The predicted molar refractivity (Wildman–Crippen MR) is 89.7 cm³/mol. The van der Waals surface area contributed by atoms with Crippen molar-refractivity contribution in [2.75, 3.05) is 5.32 Å². The van der Waals surface area contributed by atoms with Crippen LogP contribution in [0.25, 0.3) is 0 Å². The maximum atomic E-state index is 12.4. The summed E-state index contributed by atoms with van der Waals surface area (Å²) in [7, 11) is 0. The summed E-state index contributed by atoms with van der Waals surface area (Å²) in [5.41, 5.74) is -0.694. The zero-order valence-electron chi connectivity index (χ0n) is 13.9. The van der Waals surface area contributed by atoms with Gasteiger partial charge in [-0.05, 0) is 25.1 Å². The second-order valence-electron chi connectivity index (χ2n) is 5.19. The molecule has 10 heteroatoms. The highest BCUT2D eigenvalue weighted by atomic mass is 19.3. The topological polar surface area (TPSA) is 108 Å². The van der Waals surface area contributed by atoms with Gasteiger partial charge in [-0.3, -0.25) is 14.9 Å². The van der Waals surface area contributed by atoms with Gasteiger partial charge in [-0.25, -0.2) is 4.79 Å². The molecule has 2 aromatic rings. The molecule has 0 aliphatic carbocycles. The Morgan fingerprint density at radius 3 is 2.41 bits per heavy atom. The average Bonchev–Trinajstić information content (AvgIpc) is 2.61. The molecule has 142 valence electrons. The molecule has 0 heterocycles. The van der Waals surface area contributed by atoms with Crippen LogP contribution in [0.3, 0.4) is 0 Å². The first-order chi connectivity index (χ1) is 12.8. The number of amides is 1. The predicted octanol–water partition coefficient (Wildman–Crippen LogP) is 3.38. The van der Waals surface area contributed by atoms with E-state index < -0.39 is 35.3 Å². The summed E-state index contributed by atoms with van der Waals surface area (Å²) < 4.78 is 34.0. The molecule has 0 saturated heterocycles. The van der Waals surface area contributed by atoms with Crippen LogP contribution in [0.5, 0.6) is 5.75 Å². The number of nitrogens with one attached hydrogen (secondary N) is 1. The Hall–Kier alpha value is -3.56. The number of anilines is 1. The van der Waals surface area contributed by atoms with E-state index in [1.165, 1.54) is 49.4 Å². The fourth-order valence-electron chi connectivity index (χ4n) is 2.08. The van der Waals surface area contributed by atoms with Gasteiger partial charge in [0.1, 0.15) is 17.0 Å². The number of carbonyl (C=O) groups excluding carboxylic acids is 2. The number of carbonyl (C=O) groups is 2. The molecule has 0 saturated carbocycles. The number of nitrogens with zero attached hydrogens (tertiary/aromatic N) is 1. The van der Waals surface area contributed by atoms with Crippen molar-refractivity contribution in [3.63, 3.8) is 0 Å². The molecule has 27 heavy (non-hydrogen) atoms. The van der Waals surface area contributed by atoms with E-state index in [2.05, 4.69) is 10.1 Å². The van der Waals surface area contributed by atoms with Crippen LogP contribution < -0.4 is 10.1 Å². The highest BCUT2D eigenvalue weighted by molar-refractivity contribution is 5.99. The summed E-state index contributed by atoms with van der Waals surface area (Å²) in [5.74, 6) is -2.29. The third kappa shape index (κ3) is 5.21. The zero-order valence-corrected chi connectivity index (χ0v) is 13.9. The van der Waals surface area contributed by atoms with Gasteiger partial charge in [0, 0.05) is 6.07 Å². The standard InChI is InChI=1S/C17H14F2N2O6/c1-10(15(22)20-12-7-3-4-8-13(12)21(24)25)26-16(23)11-6-2-5-9-14(11)27-17(18)19/h2-10,17H,1H3,(H,20,22)/t10-/m1/s1. The van der Waals surface area contributed by atoms with E-state index >= 15 is 0 Å². The Bertz CT molecular complexity index is 859. The van der Waals surface area contributed by atoms with Crippen molar-refractivity contribution in [1.82, 2.24) is 0 Å².